The van der Waals surface area contributed by atoms with Crippen LogP contribution in [0.1, 0.15) is 29.8 Å². The van der Waals surface area contributed by atoms with Crippen molar-refractivity contribution in [2.45, 2.75) is 19.4 Å². The molecule has 0 spiro atoms. The third-order valence-electron chi connectivity index (χ3n) is 2.83. The van der Waals surface area contributed by atoms with Crippen LogP contribution in [0, 0.1) is 0 Å². The van der Waals surface area contributed by atoms with Crippen LogP contribution in [-0.2, 0) is 5.60 Å². The summed E-state index contributed by atoms with van der Waals surface area (Å²) in [5, 5.41) is 10.2. The molecule has 0 amide bonds. The monoisotopic (exact) mass is 188 g/mol. The maximum absolute atomic E-state index is 11.6. The summed E-state index contributed by atoms with van der Waals surface area (Å²) in [5.74, 6) is -0.0235. The molecule has 1 atom stereocenters. The van der Waals surface area contributed by atoms with Gasteiger partial charge in [-0.05, 0) is 31.1 Å². The molecule has 14 heavy (non-hydrogen) atoms. The van der Waals surface area contributed by atoms with Crippen LogP contribution in [-0.4, -0.2) is 10.9 Å². The fraction of sp³-hybridized carbons (Fsp3) is 0.250. The first kappa shape index (κ1) is 9.16. The molecule has 0 heterocycles. The molecule has 2 nitrogen and oxygen atoms in total. The smallest absolute Gasteiger partial charge is 0.186 e. The Morgan fingerprint density at radius 2 is 1.93 bits per heavy atom. The molecule has 0 fully saturated rings. The first-order chi connectivity index (χ1) is 6.53. The molecule has 0 aromatic heterocycles. The normalized spacial score (nSPS) is 25.6. The van der Waals surface area contributed by atoms with E-state index in [-0.39, 0.29) is 5.78 Å². The van der Waals surface area contributed by atoms with Gasteiger partial charge in [0.2, 0.25) is 0 Å². The van der Waals surface area contributed by atoms with E-state index in [9.17, 15) is 9.90 Å². The quantitative estimate of drug-likeness (QED) is 0.676. The Morgan fingerprint density at radius 3 is 2.64 bits per heavy atom. The molecule has 72 valence electrons. The Kier molecular flexibility index (Phi) is 1.82. The van der Waals surface area contributed by atoms with Crippen molar-refractivity contribution in [3.63, 3.8) is 0 Å². The van der Waals surface area contributed by atoms with Gasteiger partial charge in [0, 0.05) is 5.56 Å². The third kappa shape index (κ3) is 1.11. The highest BCUT2D eigenvalue weighted by atomic mass is 16.3. The van der Waals surface area contributed by atoms with E-state index < -0.39 is 5.60 Å². The molecular formula is C12H12O2. The summed E-state index contributed by atoms with van der Waals surface area (Å²) in [5.41, 5.74) is 0.985. The number of carbonyl (C=O) groups excluding carboxylic acids is 1. The van der Waals surface area contributed by atoms with Crippen LogP contribution in [0.25, 0.3) is 0 Å². The van der Waals surface area contributed by atoms with E-state index in [0.29, 0.717) is 16.7 Å². The minimum Gasteiger partial charge on any atom is -0.381 e. The average molecular weight is 188 g/mol. The molecule has 2 heteroatoms. The highest BCUT2D eigenvalue weighted by Gasteiger charge is 2.33. The highest BCUT2D eigenvalue weighted by molar-refractivity contribution is 6.07. The van der Waals surface area contributed by atoms with E-state index in [2.05, 4.69) is 0 Å². The lowest BCUT2D eigenvalue weighted by atomic mass is 9.80. The van der Waals surface area contributed by atoms with E-state index in [0.717, 1.165) is 0 Å². The van der Waals surface area contributed by atoms with Crippen molar-refractivity contribution in [1.82, 2.24) is 0 Å². The van der Waals surface area contributed by atoms with Crippen molar-refractivity contribution in [2.75, 3.05) is 0 Å². The Bertz CT molecular complexity index is 428. The minimum absolute atomic E-state index is 0.0235. The predicted octanol–water partition coefficient (Wildman–Crippen LogP) is 2.04. The number of aliphatic hydroxyl groups is 1. The molecule has 1 aliphatic carbocycles. The van der Waals surface area contributed by atoms with Crippen LogP contribution in [0.4, 0.5) is 0 Å². The van der Waals surface area contributed by atoms with Crippen LogP contribution >= 0.6 is 0 Å². The summed E-state index contributed by atoms with van der Waals surface area (Å²) in [6.07, 6.45) is 1.50. The lowest BCUT2D eigenvalue weighted by Crippen LogP contribution is -2.29. The summed E-state index contributed by atoms with van der Waals surface area (Å²) >= 11 is 0. The van der Waals surface area contributed by atoms with Gasteiger partial charge in [-0.2, -0.15) is 0 Å². The number of ketones is 1. The van der Waals surface area contributed by atoms with E-state index in [4.69, 9.17) is 0 Å². The van der Waals surface area contributed by atoms with Gasteiger partial charge in [0.1, 0.15) is 5.60 Å². The second-order valence-electron chi connectivity index (χ2n) is 3.81. The molecule has 0 aliphatic heterocycles. The first-order valence-electron chi connectivity index (χ1n) is 4.58. The van der Waals surface area contributed by atoms with E-state index in [1.165, 1.54) is 6.08 Å². The number of hydrogen-bond donors (Lipinski definition) is 1. The lowest BCUT2D eigenvalue weighted by Gasteiger charge is -2.30. The summed E-state index contributed by atoms with van der Waals surface area (Å²) in [6.45, 7) is 3.48. The molecule has 0 saturated carbocycles. The number of rotatable bonds is 0. The molecule has 1 aliphatic rings. The van der Waals surface area contributed by atoms with Gasteiger partial charge in [-0.15, -0.1) is 0 Å². The number of carbonyl (C=O) groups is 1. The van der Waals surface area contributed by atoms with Gasteiger partial charge >= 0.3 is 0 Å². The maximum atomic E-state index is 11.6. The maximum Gasteiger partial charge on any atom is 0.186 e. The van der Waals surface area contributed by atoms with Crippen molar-refractivity contribution >= 4 is 5.78 Å². The molecule has 2 rings (SSSR count). The molecular weight excluding hydrogens is 176 g/mol. The van der Waals surface area contributed by atoms with Crippen LogP contribution in [0.5, 0.6) is 0 Å². The van der Waals surface area contributed by atoms with Crippen LogP contribution in [0.3, 0.4) is 0 Å². The van der Waals surface area contributed by atoms with Crippen LogP contribution in [0.15, 0.2) is 35.9 Å². The Hall–Kier alpha value is -1.41. The number of benzene rings is 1. The van der Waals surface area contributed by atoms with Crippen LogP contribution in [0.2, 0.25) is 0 Å². The predicted molar refractivity (Wildman–Crippen MR) is 54.1 cm³/mol. The second-order valence-corrected chi connectivity index (χ2v) is 3.81. The van der Waals surface area contributed by atoms with Gasteiger partial charge in [0.15, 0.2) is 5.78 Å². The standard InChI is InChI=1S/C12H12O2/c1-8-7-11(13)9-5-3-4-6-10(9)12(8,2)14/h3-7,14H,1-2H3. The van der Waals surface area contributed by atoms with Crippen molar-refractivity contribution in [3.05, 3.63) is 47.0 Å². The number of hydrogen-bond acceptors (Lipinski definition) is 2. The summed E-state index contributed by atoms with van der Waals surface area (Å²) < 4.78 is 0. The molecule has 1 aromatic carbocycles. The van der Waals surface area contributed by atoms with Crippen LogP contribution < -0.4 is 0 Å². The molecule has 0 bridgehead atoms. The van der Waals surface area contributed by atoms with Crippen molar-refractivity contribution in [2.24, 2.45) is 0 Å². The first-order valence-corrected chi connectivity index (χ1v) is 4.58. The topological polar surface area (TPSA) is 37.3 Å². The fourth-order valence-electron chi connectivity index (χ4n) is 1.75. The summed E-state index contributed by atoms with van der Waals surface area (Å²) in [7, 11) is 0. The largest absolute Gasteiger partial charge is 0.381 e. The zero-order chi connectivity index (χ0) is 10.3. The van der Waals surface area contributed by atoms with Crippen molar-refractivity contribution in [3.8, 4) is 0 Å². The van der Waals surface area contributed by atoms with E-state index >= 15 is 0 Å². The zero-order valence-electron chi connectivity index (χ0n) is 8.24. The van der Waals surface area contributed by atoms with E-state index in [1.54, 1.807) is 32.0 Å². The van der Waals surface area contributed by atoms with Gasteiger partial charge in [-0.1, -0.05) is 24.3 Å². The van der Waals surface area contributed by atoms with Gasteiger partial charge in [0.05, 0.1) is 0 Å². The second kappa shape index (κ2) is 2.79. The van der Waals surface area contributed by atoms with E-state index in [1.807, 2.05) is 6.07 Å². The SMILES string of the molecule is CC1=CC(=O)c2ccccc2C1(C)O. The van der Waals surface area contributed by atoms with Gasteiger partial charge in [-0.3, -0.25) is 4.79 Å². The Balaban J connectivity index is 2.71. The molecule has 1 N–H and O–H groups in total. The average Bonchev–Trinajstić information content (AvgIpc) is 2.16. The fourth-order valence-corrected chi connectivity index (χ4v) is 1.75. The van der Waals surface area contributed by atoms with Gasteiger partial charge in [0.25, 0.3) is 0 Å². The number of fused-ring (bicyclic) bond motifs is 1. The molecule has 1 unspecified atom stereocenters. The lowest BCUT2D eigenvalue weighted by molar-refractivity contribution is 0.0855. The minimum atomic E-state index is -1.01. The molecule has 0 radical (unpaired) electrons. The zero-order valence-corrected chi connectivity index (χ0v) is 8.24. The summed E-state index contributed by atoms with van der Waals surface area (Å²) in [4.78, 5) is 11.6. The van der Waals surface area contributed by atoms with Gasteiger partial charge < -0.3 is 5.11 Å². The highest BCUT2D eigenvalue weighted by Crippen LogP contribution is 2.35. The number of allylic oxidation sites excluding steroid dienone is 1. The summed E-state index contributed by atoms with van der Waals surface area (Å²) in [6, 6.07) is 7.18. The third-order valence-corrected chi connectivity index (χ3v) is 2.83. The molecule has 1 aromatic rings. The molecule has 0 saturated heterocycles. The Morgan fingerprint density at radius 1 is 1.29 bits per heavy atom. The van der Waals surface area contributed by atoms with Gasteiger partial charge in [-0.25, -0.2) is 0 Å². The van der Waals surface area contributed by atoms with Crippen molar-refractivity contribution in [1.29, 1.82) is 0 Å². The Labute approximate surface area is 82.9 Å². The van der Waals surface area contributed by atoms with Crippen molar-refractivity contribution < 1.29 is 9.90 Å².